The van der Waals surface area contributed by atoms with Crippen LogP contribution in [0, 0.1) is 35.0 Å². The Balaban J connectivity index is 4.35. The van der Waals surface area contributed by atoms with Crippen molar-refractivity contribution in [2.45, 2.75) is 236 Å². The standard InChI is InChI=1S/C63H113N11O12/c1-25-28-30-40(12)51(76)50-56(80)65-43(27-3)58(82)68(18)35-48(75)70(20)45(31-29-26-2)55(79)67-52(63(15,16)17)62(86)69(19)42(14)53(77)66-44(32-36(4)5)54(78)64-41(13)57(81)71(21)46(33-37(6)7)59(83)72(22)47(34-38(8)9)60(84)73(23)49(39(10)11)61(85)74(50)24/h25,28,36-47,49-52,76H,26-27,29-35H2,1-24H3,(H,64,78)(H,65,80)(H,66,77)(H,67,79)/b28-25+/t40-,41-,42+,43+,44+,45+,46+,47+,49+,50+,51-,52-/m1/s1. The lowest BCUT2D eigenvalue weighted by molar-refractivity contribution is -0.157. The van der Waals surface area contributed by atoms with E-state index in [4.69, 9.17) is 0 Å². The topological polar surface area (TPSA) is 279 Å². The van der Waals surface area contributed by atoms with Gasteiger partial charge in [-0.15, -0.1) is 0 Å². The van der Waals surface area contributed by atoms with E-state index in [0.29, 0.717) is 19.3 Å². The number of aliphatic hydroxyl groups excluding tert-OH is 1. The van der Waals surface area contributed by atoms with Gasteiger partial charge in [-0.3, -0.25) is 52.7 Å². The van der Waals surface area contributed by atoms with Crippen LogP contribution in [0.4, 0.5) is 0 Å². The van der Waals surface area contributed by atoms with E-state index in [-0.39, 0.29) is 49.9 Å². The molecule has 23 nitrogen and oxygen atoms in total. The number of nitrogens with zero attached hydrogens (tertiary/aromatic N) is 7. The lowest BCUT2D eigenvalue weighted by atomic mass is 9.85. The van der Waals surface area contributed by atoms with E-state index >= 15 is 14.4 Å². The largest absolute Gasteiger partial charge is 0.390 e. The number of amides is 11. The highest BCUT2D eigenvalue weighted by atomic mass is 16.3. The Morgan fingerprint density at radius 2 is 1.02 bits per heavy atom. The van der Waals surface area contributed by atoms with Crippen LogP contribution in [0.5, 0.6) is 0 Å². The highest BCUT2D eigenvalue weighted by Crippen LogP contribution is 2.26. The first-order valence-corrected chi connectivity index (χ1v) is 31.0. The normalized spacial score (nSPS) is 26.8. The van der Waals surface area contributed by atoms with Crippen LogP contribution in [0.2, 0.25) is 0 Å². The van der Waals surface area contributed by atoms with Crippen molar-refractivity contribution in [3.05, 3.63) is 12.2 Å². The first-order valence-electron chi connectivity index (χ1n) is 31.0. The molecule has 0 unspecified atom stereocenters. The van der Waals surface area contributed by atoms with Crippen molar-refractivity contribution < 1.29 is 57.8 Å². The van der Waals surface area contributed by atoms with E-state index in [1.807, 2.05) is 54.5 Å². The molecule has 0 aliphatic carbocycles. The second-order valence-electron chi connectivity index (χ2n) is 26.7. The van der Waals surface area contributed by atoms with Crippen LogP contribution in [0.3, 0.4) is 0 Å². The summed E-state index contributed by atoms with van der Waals surface area (Å²) in [6.45, 7) is 29.4. The van der Waals surface area contributed by atoms with Gasteiger partial charge >= 0.3 is 0 Å². The third-order valence-electron chi connectivity index (χ3n) is 16.5. The molecule has 0 aromatic carbocycles. The molecule has 1 rings (SSSR count). The number of hydrogen-bond donors (Lipinski definition) is 5. The molecule has 1 fully saturated rings. The monoisotopic (exact) mass is 1220 g/mol. The average molecular weight is 1220 g/mol. The quantitative estimate of drug-likeness (QED) is 0.147. The molecule has 0 bridgehead atoms. The summed E-state index contributed by atoms with van der Waals surface area (Å²) in [5, 5.41) is 23.2. The SMILES string of the molecule is C/C=C/C[C@@H](C)[C@@H](O)[C@H]1C(=O)N[C@@H](CC)C(=O)N(C)CC(=O)N(C)[C@@H](CCCC)C(=O)N[C@@H](C(C)(C)C)C(=O)N(C)[C@@H](C)C(=O)N[C@@H](CC(C)C)C(=O)N[C@H](C)C(=O)N(C)[C@@H](CC(C)C)C(=O)N(C)[C@@H](CC(C)C)C(=O)N(C)[C@@H](C(C)C)C(=O)N1C. The molecule has 0 radical (unpaired) electrons. The molecule has 23 heteroatoms. The molecule has 5 N–H and O–H groups in total. The smallest absolute Gasteiger partial charge is 0.246 e. The van der Waals surface area contributed by atoms with Gasteiger partial charge in [0.15, 0.2) is 0 Å². The van der Waals surface area contributed by atoms with Crippen molar-refractivity contribution in [1.29, 1.82) is 0 Å². The van der Waals surface area contributed by atoms with E-state index in [1.54, 1.807) is 61.5 Å². The first kappa shape index (κ1) is 77.9. The summed E-state index contributed by atoms with van der Waals surface area (Å²) in [5.74, 6) is -9.06. The fourth-order valence-corrected chi connectivity index (χ4v) is 10.7. The molecule has 0 spiro atoms. The summed E-state index contributed by atoms with van der Waals surface area (Å²) in [4.78, 5) is 169. The lowest BCUT2D eigenvalue weighted by Gasteiger charge is -2.41. The first-order chi connectivity index (χ1) is 39.7. The van der Waals surface area contributed by atoms with Gasteiger partial charge in [-0.2, -0.15) is 0 Å². The molecular formula is C63H113N11O12. The average Bonchev–Trinajstić information content (AvgIpc) is 1.54. The molecular weight excluding hydrogens is 1100 g/mol. The Morgan fingerprint density at radius 1 is 0.535 bits per heavy atom. The van der Waals surface area contributed by atoms with E-state index in [0.717, 1.165) is 9.80 Å². The Morgan fingerprint density at radius 3 is 1.49 bits per heavy atom. The predicted octanol–water partition coefficient (Wildman–Crippen LogP) is 3.80. The van der Waals surface area contributed by atoms with Gasteiger partial charge in [0, 0.05) is 49.3 Å². The fraction of sp³-hybridized carbons (Fsp3) is 0.794. The van der Waals surface area contributed by atoms with Gasteiger partial charge in [-0.1, -0.05) is 122 Å². The van der Waals surface area contributed by atoms with Crippen LogP contribution < -0.4 is 21.3 Å². The molecule has 1 saturated heterocycles. The van der Waals surface area contributed by atoms with Gasteiger partial charge in [0.2, 0.25) is 65.0 Å². The van der Waals surface area contributed by atoms with Gasteiger partial charge in [-0.05, 0) is 94.3 Å². The second-order valence-corrected chi connectivity index (χ2v) is 26.7. The minimum Gasteiger partial charge on any atom is -0.390 e. The van der Waals surface area contributed by atoms with Crippen molar-refractivity contribution in [3.8, 4) is 0 Å². The maximum absolute atomic E-state index is 15.2. The maximum atomic E-state index is 15.2. The van der Waals surface area contributed by atoms with Crippen LogP contribution in [-0.4, -0.2) is 227 Å². The molecule has 0 saturated carbocycles. The van der Waals surface area contributed by atoms with Gasteiger partial charge < -0.3 is 60.7 Å². The minimum atomic E-state index is -1.61. The van der Waals surface area contributed by atoms with Gasteiger partial charge in [0.25, 0.3) is 0 Å². The van der Waals surface area contributed by atoms with Crippen molar-refractivity contribution in [2.24, 2.45) is 35.0 Å². The zero-order valence-corrected chi connectivity index (χ0v) is 56.8. The van der Waals surface area contributed by atoms with Crippen molar-refractivity contribution in [2.75, 3.05) is 55.9 Å². The molecule has 86 heavy (non-hydrogen) atoms. The number of carbonyl (C=O) groups is 11. The third-order valence-corrected chi connectivity index (χ3v) is 16.5. The number of carbonyl (C=O) groups excluding carboxylic acids is 11. The van der Waals surface area contributed by atoms with Crippen LogP contribution in [0.1, 0.15) is 169 Å². The summed E-state index contributed by atoms with van der Waals surface area (Å²) in [6, 6.07) is -12.4. The number of hydrogen-bond acceptors (Lipinski definition) is 12. The zero-order chi connectivity index (χ0) is 66.7. The molecule has 492 valence electrons. The number of unbranched alkanes of at least 4 members (excludes halogenated alkanes) is 1. The summed E-state index contributed by atoms with van der Waals surface area (Å²) in [7, 11) is 9.91. The Kier molecular flexibility index (Phi) is 31.7. The number of aliphatic hydroxyl groups is 1. The van der Waals surface area contributed by atoms with Crippen LogP contribution in [-0.2, 0) is 52.7 Å². The van der Waals surface area contributed by atoms with Crippen molar-refractivity contribution in [3.63, 3.8) is 0 Å². The Bertz CT molecular complexity index is 2360. The highest BCUT2D eigenvalue weighted by Gasteiger charge is 2.46. The predicted molar refractivity (Wildman–Crippen MR) is 333 cm³/mol. The molecule has 0 aromatic heterocycles. The summed E-state index contributed by atoms with van der Waals surface area (Å²) in [6.07, 6.45) is 4.21. The van der Waals surface area contributed by atoms with E-state index in [2.05, 4.69) is 21.3 Å². The number of rotatable bonds is 15. The second kappa shape index (κ2) is 35.0. The summed E-state index contributed by atoms with van der Waals surface area (Å²) in [5.41, 5.74) is -0.941. The maximum Gasteiger partial charge on any atom is 0.246 e. The molecule has 0 aromatic rings. The number of likely N-dealkylation sites (N-methyl/N-ethyl adjacent to an activating group) is 7. The summed E-state index contributed by atoms with van der Waals surface area (Å²) < 4.78 is 0. The van der Waals surface area contributed by atoms with Crippen molar-refractivity contribution >= 4 is 65.0 Å². The summed E-state index contributed by atoms with van der Waals surface area (Å²) >= 11 is 0. The molecule has 1 aliphatic heterocycles. The molecule has 1 aliphatic rings. The van der Waals surface area contributed by atoms with Crippen molar-refractivity contribution in [1.82, 2.24) is 55.6 Å². The van der Waals surface area contributed by atoms with Crippen LogP contribution in [0.25, 0.3) is 0 Å². The fourth-order valence-electron chi connectivity index (χ4n) is 10.7. The molecule has 12 atom stereocenters. The van der Waals surface area contributed by atoms with Gasteiger partial charge in [-0.25, -0.2) is 0 Å². The molecule has 1 heterocycles. The Hall–Kier alpha value is -6.13. The highest BCUT2D eigenvalue weighted by molar-refractivity contribution is 5.99. The zero-order valence-electron chi connectivity index (χ0n) is 56.8. The van der Waals surface area contributed by atoms with Crippen LogP contribution >= 0.6 is 0 Å². The lowest BCUT2D eigenvalue weighted by Crippen LogP contribution is -2.63. The van der Waals surface area contributed by atoms with E-state index < -0.39 is 155 Å². The van der Waals surface area contributed by atoms with Gasteiger partial charge in [0.05, 0.1) is 12.6 Å². The van der Waals surface area contributed by atoms with E-state index in [1.165, 1.54) is 87.7 Å². The van der Waals surface area contributed by atoms with Gasteiger partial charge in [0.1, 0.15) is 60.4 Å². The Labute approximate surface area is 515 Å². The van der Waals surface area contributed by atoms with E-state index in [9.17, 15) is 43.5 Å². The molecule has 11 amide bonds. The number of allylic oxidation sites excluding steroid dienone is 2. The number of nitrogens with one attached hydrogen (secondary N) is 4. The van der Waals surface area contributed by atoms with Crippen LogP contribution in [0.15, 0.2) is 12.2 Å². The third kappa shape index (κ3) is 21.6. The minimum absolute atomic E-state index is 0.0237.